The molecule has 27 heavy (non-hydrogen) atoms. The molecule has 2 aromatic carbocycles. The molecule has 0 heterocycles. The van der Waals surface area contributed by atoms with Crippen LogP contribution in [0.15, 0.2) is 48.0 Å². The molecule has 1 amide bonds. The number of nitrogens with zero attached hydrogens (tertiary/aromatic N) is 2. The molecule has 2 rings (SSSR count). The van der Waals surface area contributed by atoms with Crippen molar-refractivity contribution in [2.24, 2.45) is 0 Å². The zero-order valence-electron chi connectivity index (χ0n) is 14.8. The van der Waals surface area contributed by atoms with Crippen molar-refractivity contribution >= 4 is 17.7 Å². The van der Waals surface area contributed by atoms with Crippen LogP contribution in [0, 0.1) is 21.4 Å². The first-order valence-electron chi connectivity index (χ1n) is 7.87. The minimum absolute atomic E-state index is 0.0593. The van der Waals surface area contributed by atoms with E-state index in [9.17, 15) is 14.9 Å². The number of hydrogen-bond acceptors (Lipinski definition) is 6. The molecule has 138 valence electrons. The number of methoxy groups -OCH3 is 1. The summed E-state index contributed by atoms with van der Waals surface area (Å²) in [5.74, 6) is -0.212. The van der Waals surface area contributed by atoms with Crippen LogP contribution in [-0.2, 0) is 11.4 Å². The van der Waals surface area contributed by atoms with Gasteiger partial charge in [0.25, 0.3) is 11.6 Å². The average Bonchev–Trinajstić information content (AvgIpc) is 2.70. The minimum atomic E-state index is -0.643. The van der Waals surface area contributed by atoms with E-state index in [1.54, 1.807) is 6.07 Å². The first-order chi connectivity index (χ1) is 13.0. The lowest BCUT2D eigenvalue weighted by Crippen LogP contribution is -2.19. The summed E-state index contributed by atoms with van der Waals surface area (Å²) >= 11 is 0. The highest BCUT2D eigenvalue weighted by molar-refractivity contribution is 6.02. The fourth-order valence-electron chi connectivity index (χ4n) is 2.29. The largest absolute Gasteiger partial charge is 0.493 e. The van der Waals surface area contributed by atoms with Gasteiger partial charge in [0.1, 0.15) is 18.2 Å². The fraction of sp³-hybridized carbons (Fsp3) is 0.158. The van der Waals surface area contributed by atoms with E-state index < -0.39 is 10.8 Å². The summed E-state index contributed by atoms with van der Waals surface area (Å²) < 4.78 is 10.9. The molecular weight excluding hydrogens is 350 g/mol. The summed E-state index contributed by atoms with van der Waals surface area (Å²) in [4.78, 5) is 22.5. The number of nitrogens with one attached hydrogen (secondary N) is 1. The summed E-state index contributed by atoms with van der Waals surface area (Å²) in [6.07, 6.45) is 1.14. The van der Waals surface area contributed by atoms with Crippen LogP contribution in [0.2, 0.25) is 0 Å². The molecule has 0 saturated heterocycles. The standard InChI is InChI=1S/C19H17N3O5/c1-21-19(23)15(11-20)8-14-9-17(26-2)18(10-16(14)22(24)25)27-12-13-6-4-3-5-7-13/h3-10H,12H2,1-2H3,(H,21,23)/b15-8+. The van der Waals surface area contributed by atoms with E-state index in [1.165, 1.54) is 26.3 Å². The Kier molecular flexibility index (Phi) is 6.49. The monoisotopic (exact) mass is 367 g/mol. The third-order valence-corrected chi connectivity index (χ3v) is 3.64. The predicted octanol–water partition coefficient (Wildman–Crippen LogP) is 2.84. The molecule has 0 saturated carbocycles. The van der Waals surface area contributed by atoms with E-state index in [0.29, 0.717) is 0 Å². The topological polar surface area (TPSA) is 114 Å². The van der Waals surface area contributed by atoms with Gasteiger partial charge in [0.15, 0.2) is 11.5 Å². The van der Waals surface area contributed by atoms with Gasteiger partial charge < -0.3 is 14.8 Å². The molecular formula is C19H17N3O5. The Labute approximate surface area is 155 Å². The number of carbonyl (C=O) groups excluding carboxylic acids is 1. The second-order valence-corrected chi connectivity index (χ2v) is 5.34. The number of likely N-dealkylation sites (N-methyl/N-ethyl adjacent to an activating group) is 1. The predicted molar refractivity (Wildman–Crippen MR) is 98.1 cm³/mol. The number of amides is 1. The Morgan fingerprint density at radius 1 is 1.30 bits per heavy atom. The third kappa shape index (κ3) is 4.83. The Bertz CT molecular complexity index is 917. The van der Waals surface area contributed by atoms with E-state index in [4.69, 9.17) is 14.7 Å². The second-order valence-electron chi connectivity index (χ2n) is 5.34. The number of nitro groups is 1. The minimum Gasteiger partial charge on any atom is -0.493 e. The van der Waals surface area contributed by atoms with E-state index in [1.807, 2.05) is 30.3 Å². The molecule has 0 unspecified atom stereocenters. The van der Waals surface area contributed by atoms with Crippen molar-refractivity contribution < 1.29 is 19.2 Å². The number of nitriles is 1. The van der Waals surface area contributed by atoms with Gasteiger partial charge in [0.2, 0.25) is 0 Å². The highest BCUT2D eigenvalue weighted by Crippen LogP contribution is 2.36. The van der Waals surface area contributed by atoms with Crippen LogP contribution in [0.25, 0.3) is 6.08 Å². The summed E-state index contributed by atoms with van der Waals surface area (Å²) in [6.45, 7) is 0.200. The number of carbonyl (C=O) groups is 1. The molecule has 8 heteroatoms. The average molecular weight is 367 g/mol. The van der Waals surface area contributed by atoms with Crippen molar-refractivity contribution in [2.45, 2.75) is 6.61 Å². The smallest absolute Gasteiger partial charge is 0.280 e. The molecule has 0 aliphatic carbocycles. The summed E-state index contributed by atoms with van der Waals surface area (Å²) in [6, 6.07) is 13.6. The van der Waals surface area contributed by atoms with Crippen LogP contribution in [-0.4, -0.2) is 25.0 Å². The van der Waals surface area contributed by atoms with Crippen LogP contribution < -0.4 is 14.8 Å². The van der Waals surface area contributed by atoms with Crippen LogP contribution in [0.4, 0.5) is 5.69 Å². The van der Waals surface area contributed by atoms with Crippen molar-refractivity contribution in [1.29, 1.82) is 5.26 Å². The molecule has 0 spiro atoms. The fourth-order valence-corrected chi connectivity index (χ4v) is 2.29. The number of benzene rings is 2. The molecule has 0 bridgehead atoms. The van der Waals surface area contributed by atoms with E-state index >= 15 is 0 Å². The SMILES string of the molecule is CNC(=O)/C(C#N)=C/c1cc(OC)c(OCc2ccccc2)cc1[N+](=O)[O-]. The van der Waals surface area contributed by atoms with Crippen LogP contribution in [0.3, 0.4) is 0 Å². The van der Waals surface area contributed by atoms with Gasteiger partial charge >= 0.3 is 0 Å². The maximum absolute atomic E-state index is 11.7. The number of ether oxygens (including phenoxy) is 2. The van der Waals surface area contributed by atoms with Crippen LogP contribution in [0.5, 0.6) is 11.5 Å². The van der Waals surface area contributed by atoms with Gasteiger partial charge in [-0.15, -0.1) is 0 Å². The zero-order valence-corrected chi connectivity index (χ0v) is 14.8. The molecule has 0 atom stereocenters. The third-order valence-electron chi connectivity index (χ3n) is 3.64. The summed E-state index contributed by atoms with van der Waals surface area (Å²) in [7, 11) is 2.76. The van der Waals surface area contributed by atoms with Crippen LogP contribution in [0.1, 0.15) is 11.1 Å². The Balaban J connectivity index is 2.45. The van der Waals surface area contributed by atoms with Crippen molar-refractivity contribution in [1.82, 2.24) is 5.32 Å². The lowest BCUT2D eigenvalue weighted by molar-refractivity contribution is -0.385. The second kappa shape index (κ2) is 9.01. The number of hydrogen-bond donors (Lipinski definition) is 1. The van der Waals surface area contributed by atoms with Crippen molar-refractivity contribution in [3.05, 3.63) is 69.3 Å². The first-order valence-corrected chi connectivity index (χ1v) is 7.87. The van der Waals surface area contributed by atoms with E-state index in [2.05, 4.69) is 5.32 Å². The maximum Gasteiger partial charge on any atom is 0.280 e. The highest BCUT2D eigenvalue weighted by atomic mass is 16.6. The van der Waals surface area contributed by atoms with E-state index in [-0.39, 0.29) is 34.9 Å². The summed E-state index contributed by atoms with van der Waals surface area (Å²) in [5, 5.41) is 22.9. The van der Waals surface area contributed by atoms with Crippen LogP contribution >= 0.6 is 0 Å². The van der Waals surface area contributed by atoms with Crippen molar-refractivity contribution in [2.75, 3.05) is 14.2 Å². The van der Waals surface area contributed by atoms with Crippen molar-refractivity contribution in [3.8, 4) is 17.6 Å². The summed E-state index contributed by atoms with van der Waals surface area (Å²) in [5.41, 5.74) is 0.373. The quantitative estimate of drug-likeness (QED) is 0.348. The van der Waals surface area contributed by atoms with Gasteiger partial charge in [-0.2, -0.15) is 5.26 Å². The molecule has 8 nitrogen and oxygen atoms in total. The molecule has 0 aromatic heterocycles. The maximum atomic E-state index is 11.7. The van der Waals surface area contributed by atoms with Gasteiger partial charge in [-0.05, 0) is 17.7 Å². The van der Waals surface area contributed by atoms with Gasteiger partial charge in [0.05, 0.1) is 23.7 Å². The van der Waals surface area contributed by atoms with Gasteiger partial charge in [-0.1, -0.05) is 30.3 Å². The van der Waals surface area contributed by atoms with Gasteiger partial charge in [-0.25, -0.2) is 0 Å². The first kappa shape index (κ1) is 19.5. The molecule has 1 N–H and O–H groups in total. The molecule has 0 aliphatic rings. The molecule has 0 radical (unpaired) electrons. The Morgan fingerprint density at radius 2 is 2.00 bits per heavy atom. The lowest BCUT2D eigenvalue weighted by atomic mass is 10.1. The van der Waals surface area contributed by atoms with Gasteiger partial charge in [0, 0.05) is 7.05 Å². The normalized spacial score (nSPS) is 10.6. The lowest BCUT2D eigenvalue weighted by Gasteiger charge is -2.12. The van der Waals surface area contributed by atoms with E-state index in [0.717, 1.165) is 11.6 Å². The Hall–Kier alpha value is -3.86. The number of rotatable bonds is 7. The molecule has 2 aromatic rings. The highest BCUT2D eigenvalue weighted by Gasteiger charge is 2.20. The van der Waals surface area contributed by atoms with Crippen molar-refractivity contribution in [3.63, 3.8) is 0 Å². The number of nitro benzene ring substituents is 1. The molecule has 0 fully saturated rings. The van der Waals surface area contributed by atoms with Gasteiger partial charge in [-0.3, -0.25) is 14.9 Å². The molecule has 0 aliphatic heterocycles. The Morgan fingerprint density at radius 3 is 2.56 bits per heavy atom. The zero-order chi connectivity index (χ0) is 19.8.